The van der Waals surface area contributed by atoms with Crippen molar-refractivity contribution in [1.29, 1.82) is 0 Å². The predicted molar refractivity (Wildman–Crippen MR) is 114 cm³/mol. The summed E-state index contributed by atoms with van der Waals surface area (Å²) in [7, 11) is 0. The van der Waals surface area contributed by atoms with Gasteiger partial charge in [-0.2, -0.15) is 0 Å². The topological polar surface area (TPSA) is 59.1 Å². The maximum Gasteiger partial charge on any atom is 0.253 e. The van der Waals surface area contributed by atoms with Crippen LogP contribution < -0.4 is 5.32 Å². The highest BCUT2D eigenvalue weighted by molar-refractivity contribution is 6.00. The molecule has 158 valence electrons. The fraction of sp³-hybridized carbons (Fsp3) is 0.240. The number of hydrogen-bond acceptors (Lipinski definition) is 3. The van der Waals surface area contributed by atoms with Crippen LogP contribution in [0.1, 0.15) is 57.8 Å². The van der Waals surface area contributed by atoms with E-state index in [9.17, 15) is 18.4 Å². The predicted octanol–water partition coefficient (Wildman–Crippen LogP) is 5.09. The third kappa shape index (κ3) is 4.24. The van der Waals surface area contributed by atoms with E-state index in [-0.39, 0.29) is 35.4 Å². The molecule has 0 aliphatic carbocycles. The molecule has 0 saturated heterocycles. The van der Waals surface area contributed by atoms with Crippen molar-refractivity contribution in [3.05, 3.63) is 88.1 Å². The molecule has 4 nitrogen and oxygen atoms in total. The van der Waals surface area contributed by atoms with Crippen molar-refractivity contribution >= 4 is 11.7 Å². The van der Waals surface area contributed by atoms with Gasteiger partial charge in [-0.15, -0.1) is 0 Å². The van der Waals surface area contributed by atoms with Crippen LogP contribution in [0.2, 0.25) is 0 Å². The zero-order valence-electron chi connectivity index (χ0n) is 17.3. The minimum absolute atomic E-state index is 0.0862. The van der Waals surface area contributed by atoms with Crippen molar-refractivity contribution in [2.45, 2.75) is 33.2 Å². The number of rotatable bonds is 6. The SMILES string of the molecule is CC(C)CC(=O)c1ccc(Cc2cc(-c3c(F)cccc3F)nc3c2C(=O)NC3)cc1. The van der Waals surface area contributed by atoms with Crippen LogP contribution in [0.4, 0.5) is 8.78 Å². The van der Waals surface area contributed by atoms with Gasteiger partial charge in [-0.3, -0.25) is 9.59 Å². The summed E-state index contributed by atoms with van der Waals surface area (Å²) in [5.41, 5.74) is 3.03. The number of pyridine rings is 1. The number of halogens is 2. The van der Waals surface area contributed by atoms with Gasteiger partial charge >= 0.3 is 0 Å². The van der Waals surface area contributed by atoms with Crippen molar-refractivity contribution in [2.75, 3.05) is 0 Å². The van der Waals surface area contributed by atoms with Crippen molar-refractivity contribution in [1.82, 2.24) is 10.3 Å². The van der Waals surface area contributed by atoms with Gasteiger partial charge in [-0.1, -0.05) is 44.2 Å². The third-order valence-electron chi connectivity index (χ3n) is 5.30. The number of amides is 1. The second-order valence-electron chi connectivity index (χ2n) is 8.16. The summed E-state index contributed by atoms with van der Waals surface area (Å²) in [5, 5.41) is 2.73. The highest BCUT2D eigenvalue weighted by Crippen LogP contribution is 2.30. The number of benzene rings is 2. The minimum Gasteiger partial charge on any atom is -0.346 e. The van der Waals surface area contributed by atoms with E-state index in [1.807, 2.05) is 26.0 Å². The molecule has 2 aromatic carbocycles. The number of carbonyl (C=O) groups excluding carboxylic acids is 2. The molecule has 0 fully saturated rings. The second-order valence-corrected chi connectivity index (χ2v) is 8.16. The van der Waals surface area contributed by atoms with E-state index in [4.69, 9.17) is 0 Å². The van der Waals surface area contributed by atoms with E-state index in [0.717, 1.165) is 5.56 Å². The average molecular weight is 420 g/mol. The zero-order valence-corrected chi connectivity index (χ0v) is 17.3. The second kappa shape index (κ2) is 8.38. The van der Waals surface area contributed by atoms with Gasteiger partial charge in [0.1, 0.15) is 11.6 Å². The van der Waals surface area contributed by atoms with Crippen LogP contribution in [0.15, 0.2) is 48.5 Å². The molecule has 4 rings (SSSR count). The summed E-state index contributed by atoms with van der Waals surface area (Å²) in [5.74, 6) is -1.29. The maximum atomic E-state index is 14.3. The van der Waals surface area contributed by atoms with Gasteiger partial charge in [-0.25, -0.2) is 13.8 Å². The Morgan fingerprint density at radius 2 is 1.74 bits per heavy atom. The number of nitrogens with one attached hydrogen (secondary N) is 1. The minimum atomic E-state index is -0.705. The molecule has 0 radical (unpaired) electrons. The summed E-state index contributed by atoms with van der Waals surface area (Å²) in [6.07, 6.45) is 0.856. The highest BCUT2D eigenvalue weighted by atomic mass is 19.1. The molecule has 3 aromatic rings. The van der Waals surface area contributed by atoms with Crippen molar-refractivity contribution in [2.24, 2.45) is 5.92 Å². The molecule has 1 aliphatic heterocycles. The summed E-state index contributed by atoms with van der Waals surface area (Å²) in [6, 6.07) is 12.5. The van der Waals surface area contributed by atoms with E-state index in [2.05, 4.69) is 10.3 Å². The molecule has 1 amide bonds. The van der Waals surface area contributed by atoms with Gasteiger partial charge in [0.2, 0.25) is 0 Å². The number of aromatic nitrogens is 1. The zero-order chi connectivity index (χ0) is 22.1. The average Bonchev–Trinajstić information content (AvgIpc) is 3.09. The summed E-state index contributed by atoms with van der Waals surface area (Å²) >= 11 is 0. The quantitative estimate of drug-likeness (QED) is 0.565. The highest BCUT2D eigenvalue weighted by Gasteiger charge is 2.26. The molecule has 31 heavy (non-hydrogen) atoms. The van der Waals surface area contributed by atoms with Gasteiger partial charge in [0.25, 0.3) is 5.91 Å². The van der Waals surface area contributed by atoms with Crippen molar-refractivity contribution in [3.8, 4) is 11.3 Å². The fourth-order valence-electron chi connectivity index (χ4n) is 3.84. The Balaban J connectivity index is 1.71. The molecule has 6 heteroatoms. The first kappa shape index (κ1) is 20.8. The summed E-state index contributed by atoms with van der Waals surface area (Å²) < 4.78 is 28.7. The van der Waals surface area contributed by atoms with Crippen molar-refractivity contribution < 1.29 is 18.4 Å². The van der Waals surface area contributed by atoms with Crippen LogP contribution in [0.25, 0.3) is 11.3 Å². The molecular formula is C25H22F2N2O2. The Labute approximate surface area is 179 Å². The number of fused-ring (bicyclic) bond motifs is 1. The molecular weight excluding hydrogens is 398 g/mol. The Morgan fingerprint density at radius 3 is 2.39 bits per heavy atom. The van der Waals surface area contributed by atoms with Crippen molar-refractivity contribution in [3.63, 3.8) is 0 Å². The van der Waals surface area contributed by atoms with Gasteiger partial charge in [-0.05, 0) is 41.7 Å². The van der Waals surface area contributed by atoms with Gasteiger partial charge < -0.3 is 5.32 Å². The first-order chi connectivity index (χ1) is 14.8. The van der Waals surface area contributed by atoms with Crippen LogP contribution >= 0.6 is 0 Å². The lowest BCUT2D eigenvalue weighted by atomic mass is 9.95. The monoisotopic (exact) mass is 420 g/mol. The number of carbonyl (C=O) groups is 2. The summed E-state index contributed by atoms with van der Waals surface area (Å²) in [4.78, 5) is 29.0. The molecule has 1 aliphatic rings. The Bertz CT molecular complexity index is 1150. The Morgan fingerprint density at radius 1 is 1.06 bits per heavy atom. The standard InChI is InChI=1S/C25H22F2N2O2/c1-14(2)10-22(30)16-8-6-15(7-9-16)11-17-12-20(24-18(26)4-3-5-19(24)27)29-21-13-28-25(31)23(17)21/h3-9,12,14H,10-11,13H2,1-2H3,(H,28,31). The lowest BCUT2D eigenvalue weighted by molar-refractivity contribution is 0.0958. The van der Waals surface area contributed by atoms with Gasteiger partial charge in [0.05, 0.1) is 29.1 Å². The van der Waals surface area contributed by atoms with Crippen LogP contribution in [0.5, 0.6) is 0 Å². The molecule has 0 atom stereocenters. The molecule has 0 unspecified atom stereocenters. The number of ketones is 1. The van der Waals surface area contributed by atoms with Crippen LogP contribution in [-0.4, -0.2) is 16.7 Å². The Hall–Kier alpha value is -3.41. The van der Waals surface area contributed by atoms with Gasteiger partial charge in [0, 0.05) is 12.0 Å². The number of nitrogens with zero attached hydrogens (tertiary/aromatic N) is 1. The lowest BCUT2D eigenvalue weighted by Gasteiger charge is -2.12. The first-order valence-electron chi connectivity index (χ1n) is 10.2. The van der Waals surface area contributed by atoms with E-state index in [0.29, 0.717) is 35.2 Å². The van der Waals surface area contributed by atoms with Gasteiger partial charge in [0.15, 0.2) is 5.78 Å². The van der Waals surface area contributed by atoms with E-state index >= 15 is 0 Å². The molecule has 0 bridgehead atoms. The van der Waals surface area contributed by atoms with Crippen LogP contribution in [0, 0.1) is 17.6 Å². The normalized spacial score (nSPS) is 12.7. The molecule has 2 heterocycles. The number of hydrogen-bond donors (Lipinski definition) is 1. The first-order valence-corrected chi connectivity index (χ1v) is 10.2. The molecule has 0 spiro atoms. The van der Waals surface area contributed by atoms with E-state index in [1.165, 1.54) is 18.2 Å². The van der Waals surface area contributed by atoms with E-state index in [1.54, 1.807) is 18.2 Å². The number of Topliss-reactive ketones (excluding diaryl/α,β-unsaturated/α-hetero) is 1. The lowest BCUT2D eigenvalue weighted by Crippen LogP contribution is -2.14. The van der Waals surface area contributed by atoms with E-state index < -0.39 is 11.6 Å². The van der Waals surface area contributed by atoms with Crippen LogP contribution in [0.3, 0.4) is 0 Å². The Kier molecular flexibility index (Phi) is 5.63. The fourth-order valence-corrected chi connectivity index (χ4v) is 3.84. The maximum absolute atomic E-state index is 14.3. The van der Waals surface area contributed by atoms with Crippen LogP contribution in [-0.2, 0) is 13.0 Å². The smallest absolute Gasteiger partial charge is 0.253 e. The molecule has 0 saturated carbocycles. The third-order valence-corrected chi connectivity index (χ3v) is 5.30. The summed E-state index contributed by atoms with van der Waals surface area (Å²) in [6.45, 7) is 4.21. The molecule has 1 aromatic heterocycles. The molecule has 1 N–H and O–H groups in total. The largest absolute Gasteiger partial charge is 0.346 e.